The van der Waals surface area contributed by atoms with E-state index in [4.69, 9.17) is 14.2 Å². The summed E-state index contributed by atoms with van der Waals surface area (Å²) in [6.45, 7) is 2.29. The molecule has 7 nitrogen and oxygen atoms in total. The second kappa shape index (κ2) is 9.65. The van der Waals surface area contributed by atoms with Crippen molar-refractivity contribution >= 4 is 33.5 Å². The number of nitrogens with zero attached hydrogens (tertiary/aromatic N) is 2. The van der Waals surface area contributed by atoms with Gasteiger partial charge in [0.25, 0.3) is 5.91 Å². The molecule has 0 bridgehead atoms. The number of esters is 1. The van der Waals surface area contributed by atoms with Crippen LogP contribution in [0, 0.1) is 0 Å². The van der Waals surface area contributed by atoms with Crippen LogP contribution in [0.3, 0.4) is 0 Å². The minimum Gasteiger partial charge on any atom is -0.497 e. The number of hydrogen-bond acceptors (Lipinski definition) is 6. The molecule has 0 aliphatic carbocycles. The van der Waals surface area contributed by atoms with Gasteiger partial charge in [0.15, 0.2) is 6.61 Å². The zero-order valence-electron chi connectivity index (χ0n) is 16.4. The summed E-state index contributed by atoms with van der Waals surface area (Å²) in [5.74, 6) is 0.584. The summed E-state index contributed by atoms with van der Waals surface area (Å²) in [6.07, 6.45) is 0. The van der Waals surface area contributed by atoms with Crippen LogP contribution in [0.4, 0.5) is 5.69 Å². The molecule has 0 unspecified atom stereocenters. The highest BCUT2D eigenvalue weighted by molar-refractivity contribution is 9.10. The maximum Gasteiger partial charge on any atom is 0.339 e. The normalized spacial score (nSPS) is 13.8. The van der Waals surface area contributed by atoms with Gasteiger partial charge in [0, 0.05) is 36.3 Å². The molecular formula is C21H23BrN2O5. The van der Waals surface area contributed by atoms with Crippen LogP contribution in [-0.4, -0.2) is 63.8 Å². The predicted molar refractivity (Wildman–Crippen MR) is 113 cm³/mol. The third kappa shape index (κ3) is 5.20. The molecule has 1 heterocycles. The van der Waals surface area contributed by atoms with E-state index in [0.717, 1.165) is 11.4 Å². The number of amides is 1. The Bertz CT molecular complexity index is 864. The molecule has 0 radical (unpaired) electrons. The first-order valence-electron chi connectivity index (χ1n) is 9.19. The number of carbonyl (C=O) groups is 2. The molecule has 3 rings (SSSR count). The van der Waals surface area contributed by atoms with Gasteiger partial charge in [-0.3, -0.25) is 4.79 Å². The van der Waals surface area contributed by atoms with Crippen molar-refractivity contribution < 1.29 is 23.8 Å². The molecular weight excluding hydrogens is 440 g/mol. The van der Waals surface area contributed by atoms with Gasteiger partial charge in [-0.2, -0.15) is 0 Å². The van der Waals surface area contributed by atoms with Crippen LogP contribution in [0.1, 0.15) is 10.4 Å². The van der Waals surface area contributed by atoms with E-state index >= 15 is 0 Å². The van der Waals surface area contributed by atoms with Crippen molar-refractivity contribution in [1.82, 2.24) is 4.90 Å². The van der Waals surface area contributed by atoms with Crippen molar-refractivity contribution in [3.8, 4) is 11.5 Å². The van der Waals surface area contributed by atoms with Crippen molar-refractivity contribution in [1.29, 1.82) is 0 Å². The Morgan fingerprint density at radius 1 is 0.931 bits per heavy atom. The average Bonchev–Trinajstić information content (AvgIpc) is 2.77. The molecule has 0 aromatic heterocycles. The Hall–Kier alpha value is -2.74. The number of carbonyl (C=O) groups excluding carboxylic acids is 2. The quantitative estimate of drug-likeness (QED) is 0.614. The molecule has 0 saturated carbocycles. The van der Waals surface area contributed by atoms with Gasteiger partial charge in [-0.1, -0.05) is 0 Å². The van der Waals surface area contributed by atoms with E-state index in [0.29, 0.717) is 42.0 Å². The van der Waals surface area contributed by atoms with Gasteiger partial charge in [0.1, 0.15) is 11.5 Å². The first-order valence-corrected chi connectivity index (χ1v) is 9.98. The van der Waals surface area contributed by atoms with Gasteiger partial charge in [-0.25, -0.2) is 4.79 Å². The van der Waals surface area contributed by atoms with Gasteiger partial charge >= 0.3 is 5.97 Å². The largest absolute Gasteiger partial charge is 0.497 e. The highest BCUT2D eigenvalue weighted by Gasteiger charge is 2.23. The summed E-state index contributed by atoms with van der Waals surface area (Å²) >= 11 is 3.32. The Kier molecular flexibility index (Phi) is 6.98. The van der Waals surface area contributed by atoms with Crippen LogP contribution in [-0.2, 0) is 9.53 Å². The molecule has 1 amide bonds. The van der Waals surface area contributed by atoms with Gasteiger partial charge < -0.3 is 24.0 Å². The fourth-order valence-corrected chi connectivity index (χ4v) is 3.50. The van der Waals surface area contributed by atoms with E-state index in [-0.39, 0.29) is 12.5 Å². The average molecular weight is 463 g/mol. The molecule has 1 fully saturated rings. The maximum absolute atomic E-state index is 12.4. The second-order valence-corrected chi connectivity index (χ2v) is 7.34. The highest BCUT2D eigenvalue weighted by atomic mass is 79.9. The zero-order chi connectivity index (χ0) is 20.8. The van der Waals surface area contributed by atoms with Gasteiger partial charge in [-0.15, -0.1) is 0 Å². The minimum atomic E-state index is -0.569. The summed E-state index contributed by atoms with van der Waals surface area (Å²) < 4.78 is 16.1. The number of rotatable bonds is 6. The van der Waals surface area contributed by atoms with Gasteiger partial charge in [0.05, 0.1) is 19.8 Å². The number of methoxy groups -OCH3 is 2. The summed E-state index contributed by atoms with van der Waals surface area (Å²) in [6, 6.07) is 12.9. The Labute approximate surface area is 178 Å². The molecule has 0 spiro atoms. The predicted octanol–water partition coefficient (Wildman–Crippen LogP) is 2.97. The molecule has 1 aliphatic rings. The molecule has 2 aromatic carbocycles. The molecule has 154 valence electrons. The molecule has 8 heteroatoms. The summed E-state index contributed by atoms with van der Waals surface area (Å²) in [7, 11) is 3.16. The lowest BCUT2D eigenvalue weighted by atomic mass is 10.2. The highest BCUT2D eigenvalue weighted by Crippen LogP contribution is 2.23. The van der Waals surface area contributed by atoms with Crippen LogP contribution >= 0.6 is 15.9 Å². The topological polar surface area (TPSA) is 68.3 Å². The van der Waals surface area contributed by atoms with Crippen molar-refractivity contribution in [2.24, 2.45) is 0 Å². The maximum atomic E-state index is 12.4. The first kappa shape index (κ1) is 21.0. The van der Waals surface area contributed by atoms with Gasteiger partial charge in [0.2, 0.25) is 0 Å². The number of halogens is 1. The Morgan fingerprint density at radius 3 is 2.17 bits per heavy atom. The first-order chi connectivity index (χ1) is 14.0. The Balaban J connectivity index is 1.50. The number of anilines is 1. The monoisotopic (exact) mass is 462 g/mol. The third-order valence-electron chi connectivity index (χ3n) is 4.79. The third-order valence-corrected chi connectivity index (χ3v) is 5.48. The zero-order valence-corrected chi connectivity index (χ0v) is 18.0. The standard InChI is InChI=1S/C21H23BrN2O5/c1-27-16-5-3-15(4-6-16)23-9-11-24(12-10-23)20(25)14-29-21(26)18-13-17(28-2)7-8-19(18)22/h3-8,13H,9-12,14H2,1-2H3. The van der Waals surface area contributed by atoms with Crippen molar-refractivity contribution in [3.05, 3.63) is 52.5 Å². The van der Waals surface area contributed by atoms with Crippen LogP contribution in [0.2, 0.25) is 0 Å². The van der Waals surface area contributed by atoms with Crippen molar-refractivity contribution in [2.75, 3.05) is 51.9 Å². The summed E-state index contributed by atoms with van der Waals surface area (Å²) in [5.41, 5.74) is 1.41. The van der Waals surface area contributed by atoms with E-state index in [2.05, 4.69) is 20.8 Å². The summed E-state index contributed by atoms with van der Waals surface area (Å²) in [5, 5.41) is 0. The number of piperazine rings is 1. The van der Waals surface area contributed by atoms with Crippen LogP contribution in [0.25, 0.3) is 0 Å². The van der Waals surface area contributed by atoms with Crippen molar-refractivity contribution in [3.63, 3.8) is 0 Å². The van der Waals surface area contributed by atoms with Crippen molar-refractivity contribution in [2.45, 2.75) is 0 Å². The van der Waals surface area contributed by atoms with E-state index < -0.39 is 5.97 Å². The fraction of sp³-hybridized carbons (Fsp3) is 0.333. The molecule has 2 aromatic rings. The lowest BCUT2D eigenvalue weighted by molar-refractivity contribution is -0.134. The lowest BCUT2D eigenvalue weighted by Gasteiger charge is -2.36. The smallest absolute Gasteiger partial charge is 0.339 e. The SMILES string of the molecule is COc1ccc(N2CCN(C(=O)COC(=O)c3cc(OC)ccc3Br)CC2)cc1. The van der Waals surface area contributed by atoms with E-state index in [1.165, 1.54) is 7.11 Å². The summed E-state index contributed by atoms with van der Waals surface area (Å²) in [4.78, 5) is 28.7. The Morgan fingerprint density at radius 2 is 1.55 bits per heavy atom. The van der Waals surface area contributed by atoms with E-state index in [1.54, 1.807) is 30.2 Å². The number of benzene rings is 2. The van der Waals surface area contributed by atoms with Crippen LogP contribution < -0.4 is 14.4 Å². The van der Waals surface area contributed by atoms with Crippen LogP contribution in [0.15, 0.2) is 46.9 Å². The fourth-order valence-electron chi connectivity index (χ4n) is 3.09. The van der Waals surface area contributed by atoms with Crippen LogP contribution in [0.5, 0.6) is 11.5 Å². The molecule has 1 aliphatic heterocycles. The second-order valence-electron chi connectivity index (χ2n) is 6.49. The molecule has 29 heavy (non-hydrogen) atoms. The molecule has 1 saturated heterocycles. The number of ether oxygens (including phenoxy) is 3. The number of hydrogen-bond donors (Lipinski definition) is 0. The lowest BCUT2D eigenvalue weighted by Crippen LogP contribution is -2.49. The molecule has 0 N–H and O–H groups in total. The minimum absolute atomic E-state index is 0.202. The van der Waals surface area contributed by atoms with E-state index in [1.807, 2.05) is 24.3 Å². The van der Waals surface area contributed by atoms with Gasteiger partial charge in [-0.05, 0) is 58.4 Å². The van der Waals surface area contributed by atoms with E-state index in [9.17, 15) is 9.59 Å². The molecule has 0 atom stereocenters.